The summed E-state index contributed by atoms with van der Waals surface area (Å²) in [5.74, 6) is 0. The topological polar surface area (TPSA) is 48.0 Å². The Morgan fingerprint density at radius 1 is 1.40 bits per heavy atom. The van der Waals surface area contributed by atoms with E-state index in [2.05, 4.69) is 0 Å². The fourth-order valence-electron chi connectivity index (χ4n) is 1.27. The summed E-state index contributed by atoms with van der Waals surface area (Å²) >= 11 is 1.55. The Labute approximate surface area is 91.6 Å². The molecule has 1 heterocycles. The zero-order valence-electron chi connectivity index (χ0n) is 7.96. The minimum atomic E-state index is 0.592. The van der Waals surface area contributed by atoms with Gasteiger partial charge in [0.2, 0.25) is 0 Å². The van der Waals surface area contributed by atoms with E-state index in [1.54, 1.807) is 23.8 Å². The summed E-state index contributed by atoms with van der Waals surface area (Å²) < 4.78 is 1.89. The molecule has 3 nitrogen and oxygen atoms in total. The summed E-state index contributed by atoms with van der Waals surface area (Å²) in [5.41, 5.74) is 7.87. The van der Waals surface area contributed by atoms with Gasteiger partial charge in [-0.2, -0.15) is 0 Å². The Balaban J connectivity index is 2.38. The number of nitrogens with two attached hydrogens (primary N) is 1. The highest BCUT2D eigenvalue weighted by atomic mass is 32.1. The molecular weight excluding hydrogens is 208 g/mol. The molecule has 0 unspecified atom stereocenters. The molecule has 0 atom stereocenters. The van der Waals surface area contributed by atoms with Crippen LogP contribution < -0.4 is 5.73 Å². The number of carbonyl (C=O) groups is 1. The lowest BCUT2D eigenvalue weighted by atomic mass is 10.1. The lowest BCUT2D eigenvalue weighted by molar-refractivity contribution is 0.112. The molecule has 0 amide bonds. The van der Waals surface area contributed by atoms with Crippen LogP contribution in [0.25, 0.3) is 11.9 Å². The smallest absolute Gasteiger partial charge is 0.150 e. The van der Waals surface area contributed by atoms with Crippen molar-refractivity contribution in [2.75, 3.05) is 0 Å². The summed E-state index contributed by atoms with van der Waals surface area (Å²) in [6.45, 7) is 0. The van der Waals surface area contributed by atoms with Crippen LogP contribution in [-0.2, 0) is 0 Å². The largest absolute Gasteiger partial charge is 0.397 e. The highest BCUT2D eigenvalue weighted by Crippen LogP contribution is 2.15. The zero-order valence-corrected chi connectivity index (χ0v) is 8.78. The predicted molar refractivity (Wildman–Crippen MR) is 62.5 cm³/mol. The number of hydrogen-bond acceptors (Lipinski definition) is 3. The maximum atomic E-state index is 10.8. The van der Waals surface area contributed by atoms with Crippen molar-refractivity contribution in [3.05, 3.63) is 47.0 Å². The minimum Gasteiger partial charge on any atom is -0.397 e. The first kappa shape index (κ1) is 9.73. The second-order valence-electron chi connectivity index (χ2n) is 3.04. The molecule has 2 aromatic rings. The quantitative estimate of drug-likeness (QED) is 0.803. The van der Waals surface area contributed by atoms with Crippen LogP contribution in [0.4, 0.5) is 0 Å². The molecule has 15 heavy (non-hydrogen) atoms. The predicted octanol–water partition coefficient (Wildman–Crippen LogP) is 2.28. The maximum absolute atomic E-state index is 10.8. The summed E-state index contributed by atoms with van der Waals surface area (Å²) in [6, 6.07) is 7.27. The zero-order chi connectivity index (χ0) is 10.7. The highest BCUT2D eigenvalue weighted by molar-refractivity contribution is 7.05. The fraction of sp³-hybridized carbons (Fsp3) is 0. The van der Waals surface area contributed by atoms with Gasteiger partial charge in [-0.15, -0.1) is 0 Å². The van der Waals surface area contributed by atoms with Gasteiger partial charge in [0.1, 0.15) is 0 Å². The molecule has 0 aliphatic heterocycles. The van der Waals surface area contributed by atoms with Crippen molar-refractivity contribution in [1.29, 1.82) is 0 Å². The second-order valence-corrected chi connectivity index (χ2v) is 3.94. The van der Waals surface area contributed by atoms with E-state index in [-0.39, 0.29) is 0 Å². The van der Waals surface area contributed by atoms with Gasteiger partial charge in [0, 0.05) is 28.9 Å². The van der Waals surface area contributed by atoms with Gasteiger partial charge in [0.05, 0.1) is 5.70 Å². The third-order valence-corrected chi connectivity index (χ3v) is 2.77. The van der Waals surface area contributed by atoms with Crippen LogP contribution in [0.1, 0.15) is 15.9 Å². The molecule has 0 aliphatic carbocycles. The Morgan fingerprint density at radius 2 is 2.13 bits per heavy atom. The van der Waals surface area contributed by atoms with Gasteiger partial charge in [-0.05, 0) is 0 Å². The molecule has 1 aromatic heterocycles. The number of aldehydes is 1. The third-order valence-electron chi connectivity index (χ3n) is 2.06. The van der Waals surface area contributed by atoms with E-state index in [1.165, 1.54) is 0 Å². The van der Waals surface area contributed by atoms with Crippen LogP contribution in [0, 0.1) is 0 Å². The summed E-state index contributed by atoms with van der Waals surface area (Å²) in [6.07, 6.45) is 4.52. The molecule has 0 aliphatic rings. The van der Waals surface area contributed by atoms with E-state index >= 15 is 0 Å². The lowest BCUT2D eigenvalue weighted by Gasteiger charge is -2.06. The SMILES string of the molecule is N/C(=C\n1ccs1)c1ccccc1C=O. The van der Waals surface area contributed by atoms with Gasteiger partial charge >= 0.3 is 0 Å². The van der Waals surface area contributed by atoms with E-state index in [4.69, 9.17) is 5.73 Å². The fourth-order valence-corrected chi connectivity index (χ4v) is 1.71. The van der Waals surface area contributed by atoms with Crippen molar-refractivity contribution in [2.24, 2.45) is 5.73 Å². The van der Waals surface area contributed by atoms with E-state index < -0.39 is 0 Å². The number of aromatic nitrogens is 1. The molecule has 0 saturated carbocycles. The Kier molecular flexibility index (Phi) is 2.69. The molecule has 0 fully saturated rings. The van der Waals surface area contributed by atoms with E-state index in [0.717, 1.165) is 11.8 Å². The van der Waals surface area contributed by atoms with Gasteiger partial charge in [-0.1, -0.05) is 35.8 Å². The second kappa shape index (κ2) is 4.14. The molecule has 4 heteroatoms. The molecule has 0 bridgehead atoms. The first-order valence-electron chi connectivity index (χ1n) is 4.45. The highest BCUT2D eigenvalue weighted by Gasteiger charge is 2.03. The molecule has 2 rings (SSSR count). The number of rotatable bonds is 3. The van der Waals surface area contributed by atoms with E-state index in [9.17, 15) is 4.79 Å². The summed E-state index contributed by atoms with van der Waals surface area (Å²) in [4.78, 5) is 10.8. The monoisotopic (exact) mass is 218 g/mol. The molecule has 0 saturated heterocycles. The van der Waals surface area contributed by atoms with E-state index in [0.29, 0.717) is 11.3 Å². The van der Waals surface area contributed by atoms with Crippen molar-refractivity contribution in [2.45, 2.75) is 0 Å². The van der Waals surface area contributed by atoms with Crippen molar-refractivity contribution in [3.8, 4) is 0 Å². The third kappa shape index (κ3) is 1.99. The van der Waals surface area contributed by atoms with Crippen LogP contribution in [0.3, 0.4) is 0 Å². The maximum Gasteiger partial charge on any atom is 0.150 e. The standard InChI is InChI=1S/C11H10N2OS/c12-11(7-13-5-6-15-13)10-4-2-1-3-9(10)8-14/h1-8H,12H2/b11-7-. The van der Waals surface area contributed by atoms with Gasteiger partial charge in [0.25, 0.3) is 0 Å². The van der Waals surface area contributed by atoms with Crippen LogP contribution in [0.5, 0.6) is 0 Å². The summed E-state index contributed by atoms with van der Waals surface area (Å²) in [5, 5.41) is 1.95. The van der Waals surface area contributed by atoms with Crippen molar-refractivity contribution >= 4 is 29.7 Å². The van der Waals surface area contributed by atoms with Crippen molar-refractivity contribution in [1.82, 2.24) is 3.96 Å². The normalized spacial score (nSPS) is 11.6. The minimum absolute atomic E-state index is 0.592. The Morgan fingerprint density at radius 3 is 2.73 bits per heavy atom. The molecule has 0 spiro atoms. The van der Waals surface area contributed by atoms with Gasteiger partial charge in [0.15, 0.2) is 6.29 Å². The van der Waals surface area contributed by atoms with Crippen LogP contribution in [0.2, 0.25) is 0 Å². The molecule has 2 N–H and O–H groups in total. The van der Waals surface area contributed by atoms with Gasteiger partial charge in [-0.25, -0.2) is 0 Å². The Hall–Kier alpha value is -1.81. The van der Waals surface area contributed by atoms with Crippen LogP contribution in [-0.4, -0.2) is 10.2 Å². The van der Waals surface area contributed by atoms with Crippen molar-refractivity contribution < 1.29 is 4.79 Å². The van der Waals surface area contributed by atoms with Gasteiger partial charge in [-0.3, -0.25) is 8.75 Å². The molecular formula is C11H10N2OS. The van der Waals surface area contributed by atoms with Crippen molar-refractivity contribution in [3.63, 3.8) is 0 Å². The van der Waals surface area contributed by atoms with E-state index in [1.807, 2.05) is 33.7 Å². The first-order valence-corrected chi connectivity index (χ1v) is 5.28. The van der Waals surface area contributed by atoms with Crippen LogP contribution >= 0.6 is 11.5 Å². The Bertz CT molecular complexity index is 487. The van der Waals surface area contributed by atoms with Gasteiger partial charge < -0.3 is 5.73 Å². The average Bonchev–Trinajstić information content (AvgIpc) is 2.23. The summed E-state index contributed by atoms with van der Waals surface area (Å²) in [7, 11) is 0. The molecule has 1 aromatic carbocycles. The number of nitrogens with zero attached hydrogens (tertiary/aromatic N) is 1. The molecule has 0 radical (unpaired) electrons. The number of benzene rings is 1. The first-order chi connectivity index (χ1) is 7.31. The molecule has 76 valence electrons. The lowest BCUT2D eigenvalue weighted by Crippen LogP contribution is -2.02. The average molecular weight is 218 g/mol. The number of carbonyl (C=O) groups excluding carboxylic acids is 1. The van der Waals surface area contributed by atoms with Crippen LogP contribution in [0.15, 0.2) is 35.8 Å². The number of hydrogen-bond donors (Lipinski definition) is 1.